The van der Waals surface area contributed by atoms with Crippen LogP contribution in [0.15, 0.2) is 30.4 Å². The van der Waals surface area contributed by atoms with E-state index >= 15 is 0 Å². The van der Waals surface area contributed by atoms with Crippen molar-refractivity contribution in [1.29, 1.82) is 0 Å². The van der Waals surface area contributed by atoms with Crippen molar-refractivity contribution in [3.8, 4) is 11.5 Å². The number of nitrogens with one attached hydrogen (secondary N) is 1. The summed E-state index contributed by atoms with van der Waals surface area (Å²) in [5, 5.41) is 2.93. The van der Waals surface area contributed by atoms with Crippen molar-refractivity contribution in [1.82, 2.24) is 10.2 Å². The van der Waals surface area contributed by atoms with Crippen LogP contribution in [-0.4, -0.2) is 56.4 Å². The Morgan fingerprint density at radius 1 is 1.31 bits per heavy atom. The second-order valence-electron chi connectivity index (χ2n) is 8.21. The second kappa shape index (κ2) is 13.8. The minimum atomic E-state index is -0.480. The molecule has 2 rings (SSSR count). The Balaban J connectivity index is 1.82. The topological polar surface area (TPSA) is 103 Å². The average Bonchev–Trinajstić information content (AvgIpc) is 2.80. The van der Waals surface area contributed by atoms with Gasteiger partial charge in [0.1, 0.15) is 0 Å². The fourth-order valence-electron chi connectivity index (χ4n) is 3.35. The lowest BCUT2D eigenvalue weighted by atomic mass is 10.1. The first-order valence-corrected chi connectivity index (χ1v) is 11.3. The zero-order valence-corrected chi connectivity index (χ0v) is 19.5. The van der Waals surface area contributed by atoms with Crippen molar-refractivity contribution < 1.29 is 23.8 Å². The normalized spacial score (nSPS) is 16.4. The SMILES string of the molecule is COc1cc(CNC(=O)CCCC/C=C/C(C)C)ccc1OC(=O)N1CCOCC1CN. The van der Waals surface area contributed by atoms with E-state index in [-0.39, 0.29) is 11.9 Å². The maximum absolute atomic E-state index is 12.6. The molecule has 1 fully saturated rings. The van der Waals surface area contributed by atoms with Crippen molar-refractivity contribution in [3.05, 3.63) is 35.9 Å². The summed E-state index contributed by atoms with van der Waals surface area (Å²) in [5.74, 6) is 1.34. The van der Waals surface area contributed by atoms with Gasteiger partial charge in [0.05, 0.1) is 26.4 Å². The third kappa shape index (κ3) is 8.51. The first-order chi connectivity index (χ1) is 15.4. The molecule has 32 heavy (non-hydrogen) atoms. The number of hydrogen-bond acceptors (Lipinski definition) is 6. The molecule has 8 nitrogen and oxygen atoms in total. The maximum Gasteiger partial charge on any atom is 0.415 e. The lowest BCUT2D eigenvalue weighted by Gasteiger charge is -2.33. The molecular formula is C24H37N3O5. The van der Waals surface area contributed by atoms with E-state index in [9.17, 15) is 9.59 Å². The molecule has 1 aromatic rings. The van der Waals surface area contributed by atoms with E-state index in [1.807, 2.05) is 6.07 Å². The quantitative estimate of drug-likeness (QED) is 0.399. The number of benzene rings is 1. The highest BCUT2D eigenvalue weighted by Crippen LogP contribution is 2.29. The molecule has 0 bridgehead atoms. The number of carbonyl (C=O) groups is 2. The van der Waals surface area contributed by atoms with Crippen molar-refractivity contribution in [2.45, 2.75) is 52.1 Å². The average molecular weight is 448 g/mol. The highest BCUT2D eigenvalue weighted by Gasteiger charge is 2.28. The van der Waals surface area contributed by atoms with Crippen LogP contribution < -0.4 is 20.5 Å². The maximum atomic E-state index is 12.6. The molecule has 3 N–H and O–H groups in total. The molecule has 2 amide bonds. The van der Waals surface area contributed by atoms with E-state index < -0.39 is 6.09 Å². The van der Waals surface area contributed by atoms with Crippen LogP contribution >= 0.6 is 0 Å². The number of nitrogens with two attached hydrogens (primary N) is 1. The molecule has 1 aliphatic rings. The van der Waals surface area contributed by atoms with Gasteiger partial charge in [0, 0.05) is 26.1 Å². The van der Waals surface area contributed by atoms with Crippen molar-refractivity contribution in [2.24, 2.45) is 11.7 Å². The molecular weight excluding hydrogens is 410 g/mol. The number of unbranched alkanes of at least 4 members (excludes halogenated alkanes) is 2. The van der Waals surface area contributed by atoms with Gasteiger partial charge < -0.3 is 25.3 Å². The summed E-state index contributed by atoms with van der Waals surface area (Å²) < 4.78 is 16.3. The van der Waals surface area contributed by atoms with Crippen molar-refractivity contribution >= 4 is 12.0 Å². The Hall–Kier alpha value is -2.58. The summed E-state index contributed by atoms with van der Waals surface area (Å²) in [6.07, 6.45) is 7.25. The number of hydrogen-bond donors (Lipinski definition) is 2. The summed E-state index contributed by atoms with van der Waals surface area (Å²) in [6.45, 7) is 6.27. The standard InChI is InChI=1S/C24H37N3O5/c1-18(2)8-6-4-5-7-9-23(28)26-16-19-10-11-21(22(14-19)30-3)32-24(29)27-12-13-31-17-20(27)15-25/h6,8,10-11,14,18,20H,4-5,7,9,12-13,15-17,25H2,1-3H3,(H,26,28)/b8-6+. The number of carbonyl (C=O) groups excluding carboxylic acids is 2. The zero-order chi connectivity index (χ0) is 23.3. The number of morpholine rings is 1. The number of rotatable bonds is 11. The summed E-state index contributed by atoms with van der Waals surface area (Å²) >= 11 is 0. The van der Waals surface area contributed by atoms with Gasteiger partial charge in [-0.15, -0.1) is 0 Å². The van der Waals surface area contributed by atoms with Gasteiger partial charge in [0.15, 0.2) is 11.5 Å². The van der Waals surface area contributed by atoms with Crippen LogP contribution in [0.4, 0.5) is 4.79 Å². The van der Waals surface area contributed by atoms with E-state index in [0.29, 0.717) is 56.7 Å². The molecule has 0 spiro atoms. The lowest BCUT2D eigenvalue weighted by molar-refractivity contribution is -0.121. The molecule has 1 aliphatic heterocycles. The third-order valence-corrected chi connectivity index (χ3v) is 5.19. The number of methoxy groups -OCH3 is 1. The Labute approximate surface area is 191 Å². The van der Waals surface area contributed by atoms with Gasteiger partial charge in [-0.3, -0.25) is 9.69 Å². The van der Waals surface area contributed by atoms with Crippen molar-refractivity contribution in [2.75, 3.05) is 33.4 Å². The van der Waals surface area contributed by atoms with Crippen LogP contribution in [0.25, 0.3) is 0 Å². The zero-order valence-electron chi connectivity index (χ0n) is 19.5. The van der Waals surface area contributed by atoms with Crippen LogP contribution in [0.2, 0.25) is 0 Å². The van der Waals surface area contributed by atoms with Gasteiger partial charge in [-0.2, -0.15) is 0 Å². The van der Waals surface area contributed by atoms with Crippen LogP contribution in [0.1, 0.15) is 45.1 Å². The van der Waals surface area contributed by atoms with Gasteiger partial charge in [-0.25, -0.2) is 4.79 Å². The van der Waals surface area contributed by atoms with Crippen LogP contribution in [0.5, 0.6) is 11.5 Å². The minimum Gasteiger partial charge on any atom is -0.493 e. The molecule has 0 aromatic heterocycles. The third-order valence-electron chi connectivity index (χ3n) is 5.19. The summed E-state index contributed by atoms with van der Waals surface area (Å²) in [5.41, 5.74) is 6.59. The monoisotopic (exact) mass is 447 g/mol. The Morgan fingerprint density at radius 2 is 2.12 bits per heavy atom. The molecule has 0 saturated carbocycles. The molecule has 0 aliphatic carbocycles. The van der Waals surface area contributed by atoms with Gasteiger partial charge in [-0.1, -0.05) is 32.1 Å². The van der Waals surface area contributed by atoms with Crippen LogP contribution in [0.3, 0.4) is 0 Å². The fraction of sp³-hybridized carbons (Fsp3) is 0.583. The van der Waals surface area contributed by atoms with Crippen LogP contribution in [0, 0.1) is 5.92 Å². The molecule has 8 heteroatoms. The van der Waals surface area contributed by atoms with Gasteiger partial charge in [0.2, 0.25) is 5.91 Å². The summed E-state index contributed by atoms with van der Waals surface area (Å²) in [6, 6.07) is 5.04. The molecule has 1 heterocycles. The van der Waals surface area contributed by atoms with E-state index in [4.69, 9.17) is 19.9 Å². The minimum absolute atomic E-state index is 0.0208. The van der Waals surface area contributed by atoms with Gasteiger partial charge in [-0.05, 0) is 42.9 Å². The Morgan fingerprint density at radius 3 is 2.84 bits per heavy atom. The molecule has 0 radical (unpaired) electrons. The predicted octanol–water partition coefficient (Wildman–Crippen LogP) is 3.24. The fourth-order valence-corrected chi connectivity index (χ4v) is 3.35. The lowest BCUT2D eigenvalue weighted by Crippen LogP contribution is -2.52. The smallest absolute Gasteiger partial charge is 0.415 e. The molecule has 1 atom stereocenters. The highest BCUT2D eigenvalue weighted by molar-refractivity contribution is 5.76. The number of amides is 2. The van der Waals surface area contributed by atoms with Gasteiger partial charge in [0.25, 0.3) is 0 Å². The molecule has 1 aromatic carbocycles. The summed E-state index contributed by atoms with van der Waals surface area (Å²) in [4.78, 5) is 26.3. The molecule has 178 valence electrons. The van der Waals surface area contributed by atoms with Crippen molar-refractivity contribution in [3.63, 3.8) is 0 Å². The van der Waals surface area contributed by atoms with Gasteiger partial charge >= 0.3 is 6.09 Å². The molecule has 1 unspecified atom stereocenters. The number of allylic oxidation sites excluding steroid dienone is 2. The first-order valence-electron chi connectivity index (χ1n) is 11.3. The largest absolute Gasteiger partial charge is 0.493 e. The van der Waals surface area contributed by atoms with E-state index in [2.05, 4.69) is 31.3 Å². The first kappa shape index (κ1) is 25.7. The number of ether oxygens (including phenoxy) is 3. The Bertz CT molecular complexity index is 766. The second-order valence-corrected chi connectivity index (χ2v) is 8.21. The van der Waals surface area contributed by atoms with E-state index in [1.54, 1.807) is 17.0 Å². The highest BCUT2D eigenvalue weighted by atomic mass is 16.6. The van der Waals surface area contributed by atoms with E-state index in [1.165, 1.54) is 7.11 Å². The summed E-state index contributed by atoms with van der Waals surface area (Å²) in [7, 11) is 1.51. The predicted molar refractivity (Wildman–Crippen MR) is 124 cm³/mol. The Kier molecular flexibility index (Phi) is 11.0. The van der Waals surface area contributed by atoms with E-state index in [0.717, 1.165) is 24.8 Å². The molecule has 1 saturated heterocycles. The van der Waals surface area contributed by atoms with Crippen LogP contribution in [-0.2, 0) is 16.1 Å². The number of nitrogens with zero attached hydrogens (tertiary/aromatic N) is 1.